The van der Waals surface area contributed by atoms with Crippen LogP contribution < -0.4 is 10.5 Å². The third-order valence-electron chi connectivity index (χ3n) is 3.62. The van der Waals surface area contributed by atoms with Gasteiger partial charge in [-0.15, -0.1) is 0 Å². The lowest BCUT2D eigenvalue weighted by Crippen LogP contribution is -2.42. The minimum Gasteiger partial charge on any atom is -0.489 e. The summed E-state index contributed by atoms with van der Waals surface area (Å²) in [5.41, 5.74) is 7.12. The summed E-state index contributed by atoms with van der Waals surface area (Å²) in [7, 11) is 0. The van der Waals surface area contributed by atoms with Crippen molar-refractivity contribution in [2.75, 3.05) is 19.7 Å². The monoisotopic (exact) mass is 306 g/mol. The van der Waals surface area contributed by atoms with Crippen molar-refractivity contribution in [1.82, 2.24) is 4.90 Å². The van der Waals surface area contributed by atoms with Crippen LogP contribution in [0.1, 0.15) is 29.3 Å². The molecule has 118 valence electrons. The number of primary amides is 1. The van der Waals surface area contributed by atoms with E-state index in [2.05, 4.69) is 0 Å². The molecule has 1 aromatic rings. The van der Waals surface area contributed by atoms with Gasteiger partial charge >= 0.3 is 0 Å². The van der Waals surface area contributed by atoms with E-state index in [9.17, 15) is 14.0 Å². The molecule has 22 heavy (non-hydrogen) atoms. The molecule has 2 amide bonds. The lowest BCUT2D eigenvalue weighted by molar-refractivity contribution is -0.118. The fraction of sp³-hybridized carbons (Fsp3) is 0.375. The molecule has 0 radical (unpaired) electrons. The highest BCUT2D eigenvalue weighted by Crippen LogP contribution is 2.24. The summed E-state index contributed by atoms with van der Waals surface area (Å²) in [5, 5.41) is 0. The van der Waals surface area contributed by atoms with Crippen molar-refractivity contribution in [3.05, 3.63) is 41.2 Å². The Balaban J connectivity index is 2.10. The van der Waals surface area contributed by atoms with Crippen molar-refractivity contribution in [3.63, 3.8) is 0 Å². The standard InChI is InChI=1S/C16H19FN2O3/c1-2-11(8-17)10-22-13-3-4-14-12(7-13)5-6-19(16(14)21)9-15(18)20/h3-4,7-8H,2,5-6,9-10H2,1H3,(H2,18,20). The van der Waals surface area contributed by atoms with E-state index in [1.165, 1.54) is 4.90 Å². The van der Waals surface area contributed by atoms with Gasteiger partial charge in [-0.3, -0.25) is 9.59 Å². The maximum atomic E-state index is 12.5. The van der Waals surface area contributed by atoms with Gasteiger partial charge in [0.15, 0.2) is 0 Å². The van der Waals surface area contributed by atoms with Crippen LogP contribution in [0.3, 0.4) is 0 Å². The van der Waals surface area contributed by atoms with Crippen LogP contribution in [0, 0.1) is 0 Å². The van der Waals surface area contributed by atoms with Crippen LogP contribution in [0.15, 0.2) is 30.1 Å². The number of nitrogens with zero attached hydrogens (tertiary/aromatic N) is 1. The molecule has 1 aliphatic heterocycles. The van der Waals surface area contributed by atoms with Crippen LogP contribution in [-0.4, -0.2) is 36.4 Å². The van der Waals surface area contributed by atoms with Crippen molar-refractivity contribution in [1.29, 1.82) is 0 Å². The van der Waals surface area contributed by atoms with Crippen LogP contribution in [0.5, 0.6) is 5.75 Å². The molecule has 0 aromatic heterocycles. The Labute approximate surface area is 128 Å². The fourth-order valence-corrected chi connectivity index (χ4v) is 2.33. The number of benzene rings is 1. The first-order valence-corrected chi connectivity index (χ1v) is 7.16. The normalized spacial score (nSPS) is 14.7. The molecule has 0 unspecified atom stereocenters. The predicted molar refractivity (Wildman–Crippen MR) is 80.2 cm³/mol. The van der Waals surface area contributed by atoms with Crippen molar-refractivity contribution >= 4 is 11.8 Å². The molecule has 0 fully saturated rings. The molecule has 0 bridgehead atoms. The molecule has 6 heteroatoms. The first-order valence-electron chi connectivity index (χ1n) is 7.16. The van der Waals surface area contributed by atoms with Gasteiger partial charge in [-0.25, -0.2) is 4.39 Å². The van der Waals surface area contributed by atoms with Crippen LogP contribution >= 0.6 is 0 Å². The van der Waals surface area contributed by atoms with Crippen molar-refractivity contribution in [3.8, 4) is 5.75 Å². The van der Waals surface area contributed by atoms with E-state index >= 15 is 0 Å². The van der Waals surface area contributed by atoms with Crippen molar-refractivity contribution in [2.45, 2.75) is 19.8 Å². The van der Waals surface area contributed by atoms with E-state index in [1.807, 2.05) is 6.92 Å². The Morgan fingerprint density at radius 2 is 2.27 bits per heavy atom. The summed E-state index contributed by atoms with van der Waals surface area (Å²) in [6.45, 7) is 2.42. The van der Waals surface area contributed by atoms with E-state index in [-0.39, 0.29) is 19.1 Å². The van der Waals surface area contributed by atoms with Gasteiger partial charge in [-0.2, -0.15) is 0 Å². The second-order valence-corrected chi connectivity index (χ2v) is 5.17. The summed E-state index contributed by atoms with van der Waals surface area (Å²) in [5.74, 6) is -0.130. The van der Waals surface area contributed by atoms with Crippen molar-refractivity contribution < 1.29 is 18.7 Å². The number of fused-ring (bicyclic) bond motifs is 1. The Morgan fingerprint density at radius 1 is 1.50 bits per heavy atom. The zero-order valence-electron chi connectivity index (χ0n) is 12.5. The molecule has 1 heterocycles. The van der Waals surface area contributed by atoms with E-state index < -0.39 is 5.91 Å². The predicted octanol–water partition coefficient (Wildman–Crippen LogP) is 1.81. The topological polar surface area (TPSA) is 72.6 Å². The number of rotatable bonds is 6. The number of hydrogen-bond donors (Lipinski definition) is 1. The molecule has 0 aliphatic carbocycles. The fourth-order valence-electron chi connectivity index (χ4n) is 2.33. The third kappa shape index (κ3) is 3.63. The van der Waals surface area contributed by atoms with Crippen LogP contribution in [0.4, 0.5) is 4.39 Å². The van der Waals surface area contributed by atoms with E-state index in [4.69, 9.17) is 10.5 Å². The molecule has 0 spiro atoms. The molecular formula is C16H19FN2O3. The van der Waals surface area contributed by atoms with Crippen LogP contribution in [0.2, 0.25) is 0 Å². The smallest absolute Gasteiger partial charge is 0.254 e. The summed E-state index contributed by atoms with van der Waals surface area (Å²) < 4.78 is 18.0. The number of amides is 2. The van der Waals surface area contributed by atoms with Gasteiger partial charge in [0.1, 0.15) is 12.4 Å². The van der Waals surface area contributed by atoms with Gasteiger partial charge < -0.3 is 15.4 Å². The highest BCUT2D eigenvalue weighted by Gasteiger charge is 2.25. The molecule has 0 saturated heterocycles. The number of carbonyl (C=O) groups is 2. The molecule has 0 atom stereocenters. The maximum Gasteiger partial charge on any atom is 0.254 e. The molecule has 1 aromatic carbocycles. The lowest BCUT2D eigenvalue weighted by Gasteiger charge is -2.27. The Hall–Kier alpha value is -2.37. The first-order chi connectivity index (χ1) is 10.5. The SMILES string of the molecule is CCC(=CF)COc1ccc2c(c1)CCN(CC(N)=O)C2=O. The summed E-state index contributed by atoms with van der Waals surface area (Å²) in [6.07, 6.45) is 1.77. The molecule has 0 saturated carbocycles. The quantitative estimate of drug-likeness (QED) is 0.871. The average molecular weight is 306 g/mol. The average Bonchev–Trinajstić information content (AvgIpc) is 2.51. The Bertz CT molecular complexity index is 613. The van der Waals surface area contributed by atoms with E-state index in [1.54, 1.807) is 18.2 Å². The number of halogens is 1. The second-order valence-electron chi connectivity index (χ2n) is 5.17. The van der Waals surface area contributed by atoms with Gasteiger partial charge in [-0.1, -0.05) is 6.92 Å². The van der Waals surface area contributed by atoms with Gasteiger partial charge in [0, 0.05) is 12.1 Å². The highest BCUT2D eigenvalue weighted by atomic mass is 19.1. The highest BCUT2D eigenvalue weighted by molar-refractivity contribution is 5.98. The van der Waals surface area contributed by atoms with Gasteiger partial charge in [-0.05, 0) is 42.2 Å². The lowest BCUT2D eigenvalue weighted by atomic mass is 9.98. The maximum absolute atomic E-state index is 12.5. The molecular weight excluding hydrogens is 287 g/mol. The molecule has 5 nitrogen and oxygen atoms in total. The minimum atomic E-state index is -0.526. The summed E-state index contributed by atoms with van der Waals surface area (Å²) in [6, 6.07) is 5.14. The van der Waals surface area contributed by atoms with Crippen LogP contribution in [0.25, 0.3) is 0 Å². The number of nitrogens with two attached hydrogens (primary N) is 1. The van der Waals surface area contributed by atoms with Crippen molar-refractivity contribution in [2.24, 2.45) is 5.73 Å². The number of carbonyl (C=O) groups excluding carboxylic acids is 2. The van der Waals surface area contributed by atoms with E-state index in [0.717, 1.165) is 5.56 Å². The summed E-state index contributed by atoms with van der Waals surface area (Å²) >= 11 is 0. The van der Waals surface area contributed by atoms with Gasteiger partial charge in [0.2, 0.25) is 5.91 Å². The molecule has 2 rings (SSSR count). The summed E-state index contributed by atoms with van der Waals surface area (Å²) in [4.78, 5) is 24.6. The zero-order valence-corrected chi connectivity index (χ0v) is 12.5. The third-order valence-corrected chi connectivity index (χ3v) is 3.62. The molecule has 1 aliphatic rings. The van der Waals surface area contributed by atoms with Crippen LogP contribution in [-0.2, 0) is 11.2 Å². The minimum absolute atomic E-state index is 0.0717. The first kappa shape index (κ1) is 16.0. The molecule has 2 N–H and O–H groups in total. The largest absolute Gasteiger partial charge is 0.489 e. The number of hydrogen-bond acceptors (Lipinski definition) is 3. The Morgan fingerprint density at radius 3 is 2.91 bits per heavy atom. The van der Waals surface area contributed by atoms with Gasteiger partial charge in [0.05, 0.1) is 12.9 Å². The zero-order chi connectivity index (χ0) is 16.1. The Kier molecular flexibility index (Phi) is 5.14. The van der Waals surface area contributed by atoms with Gasteiger partial charge in [0.25, 0.3) is 5.91 Å². The van der Waals surface area contributed by atoms with E-state index in [0.29, 0.717) is 42.6 Å². The number of ether oxygens (including phenoxy) is 1. The second kappa shape index (κ2) is 7.06.